The molecule has 0 atom stereocenters. The number of hydrogen-bond acceptors (Lipinski definition) is 5. The summed E-state index contributed by atoms with van der Waals surface area (Å²) >= 11 is 0. The van der Waals surface area contributed by atoms with E-state index >= 15 is 0 Å². The maximum Gasteiger partial charge on any atom is 0.352 e. The number of oxazole rings is 1. The second-order valence-electron chi connectivity index (χ2n) is 3.88. The molecule has 0 fully saturated rings. The zero-order valence-corrected chi connectivity index (χ0v) is 10.9. The van der Waals surface area contributed by atoms with Crippen molar-refractivity contribution < 1.29 is 22.7 Å². The van der Waals surface area contributed by atoms with Crippen molar-refractivity contribution in [2.24, 2.45) is 7.05 Å². The fourth-order valence-electron chi connectivity index (χ4n) is 1.47. The number of aromatic carboxylic acids is 1. The number of aromatic nitrogens is 2. The molecule has 0 aliphatic rings. The fraction of sp³-hybridized carbons (Fsp3) is 0.200. The third kappa shape index (κ3) is 2.60. The molecule has 2 aromatic rings. The molecule has 0 amide bonds. The van der Waals surface area contributed by atoms with Crippen LogP contribution in [0.1, 0.15) is 16.2 Å². The lowest BCUT2D eigenvalue weighted by molar-refractivity contribution is 0.0686. The van der Waals surface area contributed by atoms with Gasteiger partial charge in [-0.2, -0.15) is 4.98 Å². The molecule has 0 bridgehead atoms. The first-order valence-corrected chi connectivity index (χ1v) is 6.62. The number of carboxylic acids is 1. The first-order valence-electron chi connectivity index (χ1n) is 5.14. The monoisotopic (exact) mass is 285 g/mol. The third-order valence-electron chi connectivity index (χ3n) is 2.35. The Bertz CT molecular complexity index is 728. The summed E-state index contributed by atoms with van der Waals surface area (Å²) in [4.78, 5) is 14.5. The molecule has 0 spiro atoms. The lowest BCUT2D eigenvalue weighted by atomic mass is 10.4. The lowest BCUT2D eigenvalue weighted by Crippen LogP contribution is -2.12. The number of rotatable bonds is 4. The number of nitrogens with zero attached hydrogens (tertiary/aromatic N) is 2. The fourth-order valence-corrected chi connectivity index (χ4v) is 2.47. The molecule has 19 heavy (non-hydrogen) atoms. The molecule has 0 aliphatic carbocycles. The average molecular weight is 285 g/mol. The van der Waals surface area contributed by atoms with Crippen LogP contribution in [0.4, 0.5) is 6.01 Å². The molecular weight excluding hydrogens is 274 g/mol. The SMILES string of the molecule is Cc1coc(NS(=O)(=O)c2cc(C(=O)O)n(C)c2)n1. The summed E-state index contributed by atoms with van der Waals surface area (Å²) in [5, 5.41) is 8.87. The number of sulfonamides is 1. The van der Waals surface area contributed by atoms with Gasteiger partial charge < -0.3 is 14.1 Å². The predicted octanol–water partition coefficient (Wildman–Crippen LogP) is 0.821. The number of carbonyl (C=O) groups is 1. The van der Waals surface area contributed by atoms with E-state index in [9.17, 15) is 13.2 Å². The predicted molar refractivity (Wildman–Crippen MR) is 64.4 cm³/mol. The highest BCUT2D eigenvalue weighted by Gasteiger charge is 2.21. The van der Waals surface area contributed by atoms with Crippen LogP contribution < -0.4 is 4.72 Å². The van der Waals surface area contributed by atoms with Crippen LogP contribution in [0.2, 0.25) is 0 Å². The smallest absolute Gasteiger partial charge is 0.352 e. The molecule has 2 aromatic heterocycles. The Kier molecular flexibility index (Phi) is 3.06. The first kappa shape index (κ1) is 13.1. The van der Waals surface area contributed by atoms with Crippen LogP contribution in [-0.4, -0.2) is 29.0 Å². The van der Waals surface area contributed by atoms with Gasteiger partial charge in [0.1, 0.15) is 16.9 Å². The van der Waals surface area contributed by atoms with Crippen LogP contribution in [0.15, 0.2) is 27.8 Å². The largest absolute Gasteiger partial charge is 0.477 e. The maximum absolute atomic E-state index is 12.0. The molecule has 2 heterocycles. The van der Waals surface area contributed by atoms with E-state index < -0.39 is 16.0 Å². The Labute approximate surface area is 108 Å². The molecule has 0 aromatic carbocycles. The lowest BCUT2D eigenvalue weighted by Gasteiger charge is -2.00. The van der Waals surface area contributed by atoms with E-state index in [0.29, 0.717) is 5.69 Å². The van der Waals surface area contributed by atoms with Crippen LogP contribution in [0.25, 0.3) is 0 Å². The van der Waals surface area contributed by atoms with Gasteiger partial charge in [-0.15, -0.1) is 0 Å². The minimum absolute atomic E-state index is 0.135. The van der Waals surface area contributed by atoms with Crippen molar-refractivity contribution in [3.05, 3.63) is 29.9 Å². The Morgan fingerprint density at radius 1 is 1.53 bits per heavy atom. The van der Waals surface area contributed by atoms with Gasteiger partial charge in [-0.3, -0.25) is 0 Å². The minimum Gasteiger partial charge on any atom is -0.477 e. The van der Waals surface area contributed by atoms with Crippen molar-refractivity contribution in [1.82, 2.24) is 9.55 Å². The maximum atomic E-state index is 12.0. The Balaban J connectivity index is 2.34. The van der Waals surface area contributed by atoms with Crippen LogP contribution in [0.5, 0.6) is 0 Å². The summed E-state index contributed by atoms with van der Waals surface area (Å²) in [6.45, 7) is 1.65. The van der Waals surface area contributed by atoms with Crippen LogP contribution >= 0.6 is 0 Å². The van der Waals surface area contributed by atoms with Crippen molar-refractivity contribution in [2.75, 3.05) is 4.72 Å². The van der Waals surface area contributed by atoms with Crippen molar-refractivity contribution >= 4 is 22.0 Å². The normalized spacial score (nSPS) is 11.5. The van der Waals surface area contributed by atoms with E-state index in [1.165, 1.54) is 24.1 Å². The first-order chi connectivity index (χ1) is 8.79. The topological polar surface area (TPSA) is 114 Å². The van der Waals surface area contributed by atoms with Gasteiger partial charge >= 0.3 is 12.0 Å². The van der Waals surface area contributed by atoms with Gasteiger partial charge in [0.2, 0.25) is 0 Å². The van der Waals surface area contributed by atoms with Gasteiger partial charge in [0, 0.05) is 13.2 Å². The van der Waals surface area contributed by atoms with E-state index in [-0.39, 0.29) is 16.6 Å². The summed E-state index contributed by atoms with van der Waals surface area (Å²) in [6.07, 6.45) is 2.49. The Morgan fingerprint density at radius 2 is 2.21 bits per heavy atom. The van der Waals surface area contributed by atoms with Crippen molar-refractivity contribution in [3.63, 3.8) is 0 Å². The van der Waals surface area contributed by atoms with E-state index in [4.69, 9.17) is 9.52 Å². The standard InChI is InChI=1S/C10H11N3O5S/c1-6-5-18-10(11-6)12-19(16,17)7-3-8(9(14)15)13(2)4-7/h3-5H,1-2H3,(H,11,12)(H,14,15). The number of hydrogen-bond donors (Lipinski definition) is 2. The highest BCUT2D eigenvalue weighted by Crippen LogP contribution is 2.17. The Hall–Kier alpha value is -2.29. The van der Waals surface area contributed by atoms with Crippen LogP contribution in [0, 0.1) is 6.92 Å². The van der Waals surface area contributed by atoms with Gasteiger partial charge in [-0.05, 0) is 13.0 Å². The van der Waals surface area contributed by atoms with Crippen molar-refractivity contribution in [2.45, 2.75) is 11.8 Å². The molecule has 0 radical (unpaired) electrons. The van der Waals surface area contributed by atoms with Gasteiger partial charge in [0.05, 0.1) is 5.69 Å². The molecule has 8 nitrogen and oxygen atoms in total. The van der Waals surface area contributed by atoms with Gasteiger partial charge in [-0.25, -0.2) is 17.9 Å². The quantitative estimate of drug-likeness (QED) is 0.859. The van der Waals surface area contributed by atoms with Crippen LogP contribution in [0.3, 0.4) is 0 Å². The number of carboxylic acid groups (broad SMARTS) is 1. The minimum atomic E-state index is -3.93. The molecular formula is C10H11N3O5S. The second-order valence-corrected chi connectivity index (χ2v) is 5.56. The zero-order valence-electron chi connectivity index (χ0n) is 10.1. The molecule has 0 saturated heterocycles. The summed E-state index contributed by atoms with van der Waals surface area (Å²) in [7, 11) is -2.48. The van der Waals surface area contributed by atoms with E-state index in [0.717, 1.165) is 6.07 Å². The zero-order chi connectivity index (χ0) is 14.2. The highest BCUT2D eigenvalue weighted by atomic mass is 32.2. The van der Waals surface area contributed by atoms with E-state index in [2.05, 4.69) is 9.71 Å². The number of aryl methyl sites for hydroxylation is 2. The molecule has 0 saturated carbocycles. The third-order valence-corrected chi connectivity index (χ3v) is 3.64. The van der Waals surface area contributed by atoms with E-state index in [1.54, 1.807) is 6.92 Å². The highest BCUT2D eigenvalue weighted by molar-refractivity contribution is 7.92. The summed E-state index contributed by atoms with van der Waals surface area (Å²) in [5.41, 5.74) is 0.390. The molecule has 0 aliphatic heterocycles. The molecule has 9 heteroatoms. The second kappa shape index (κ2) is 4.43. The average Bonchev–Trinajstić information content (AvgIpc) is 2.84. The number of anilines is 1. The van der Waals surface area contributed by atoms with Gasteiger partial charge in [0.15, 0.2) is 0 Å². The summed E-state index contributed by atoms with van der Waals surface area (Å²) in [6, 6.07) is 0.888. The van der Waals surface area contributed by atoms with Crippen molar-refractivity contribution in [3.8, 4) is 0 Å². The molecule has 2 rings (SSSR count). The number of nitrogens with one attached hydrogen (secondary N) is 1. The molecule has 102 valence electrons. The van der Waals surface area contributed by atoms with Gasteiger partial charge in [0.25, 0.3) is 10.0 Å². The summed E-state index contributed by atoms with van der Waals surface area (Å²) in [5.74, 6) is -1.21. The summed E-state index contributed by atoms with van der Waals surface area (Å²) < 4.78 is 32.2. The van der Waals surface area contributed by atoms with E-state index in [1.807, 2.05) is 0 Å². The molecule has 2 N–H and O–H groups in total. The van der Waals surface area contributed by atoms with Crippen molar-refractivity contribution in [1.29, 1.82) is 0 Å². The Morgan fingerprint density at radius 3 is 2.68 bits per heavy atom. The molecule has 0 unspecified atom stereocenters. The van der Waals surface area contributed by atoms with Crippen LogP contribution in [-0.2, 0) is 17.1 Å². The van der Waals surface area contributed by atoms with Gasteiger partial charge in [-0.1, -0.05) is 0 Å².